The van der Waals surface area contributed by atoms with Crippen molar-refractivity contribution in [2.75, 3.05) is 44.9 Å². The van der Waals surface area contributed by atoms with Gasteiger partial charge in [0.1, 0.15) is 17.3 Å². The van der Waals surface area contributed by atoms with E-state index in [2.05, 4.69) is 10.9 Å². The molecule has 0 aliphatic carbocycles. The number of benzene rings is 1. The molecule has 11 heteroatoms. The zero-order chi connectivity index (χ0) is 21.7. The first-order chi connectivity index (χ1) is 14.3. The molecule has 9 nitrogen and oxygen atoms in total. The number of hydrogen-bond acceptors (Lipinski definition) is 7. The van der Waals surface area contributed by atoms with Gasteiger partial charge in [-0.05, 0) is 18.2 Å². The highest BCUT2D eigenvalue weighted by atomic mass is 32.2. The molecule has 1 fully saturated rings. The quantitative estimate of drug-likeness (QED) is 0.574. The Morgan fingerprint density at radius 1 is 1.30 bits per heavy atom. The molecule has 0 N–H and O–H groups in total. The molecule has 1 aromatic carbocycles. The maximum Gasteiger partial charge on any atom is 0.263 e. The summed E-state index contributed by atoms with van der Waals surface area (Å²) in [4.78, 5) is 30.2. The third-order valence-corrected chi connectivity index (χ3v) is 6.82. The molecule has 2 amide bonds. The van der Waals surface area contributed by atoms with E-state index >= 15 is 0 Å². The van der Waals surface area contributed by atoms with Crippen LogP contribution in [0.15, 0.2) is 23.2 Å². The third kappa shape index (κ3) is 5.27. The average molecular weight is 452 g/mol. The SMILES string of the molecule is C#CCn1c(=NC(=O)CS(=O)(=O)CC(=O)N2CCOCC2)sc2cc(OC)ccc21. The summed E-state index contributed by atoms with van der Waals surface area (Å²) in [7, 11) is -2.41. The summed E-state index contributed by atoms with van der Waals surface area (Å²) < 4.78 is 37.5. The summed E-state index contributed by atoms with van der Waals surface area (Å²) in [6, 6.07) is 5.34. The number of morpholine rings is 1. The van der Waals surface area contributed by atoms with Crippen molar-refractivity contribution < 1.29 is 27.5 Å². The predicted octanol–water partition coefficient (Wildman–Crippen LogP) is 0.0455. The van der Waals surface area contributed by atoms with Crippen molar-refractivity contribution in [2.45, 2.75) is 6.54 Å². The molecular formula is C19H21N3O6S2. The maximum absolute atomic E-state index is 12.4. The molecule has 30 heavy (non-hydrogen) atoms. The first kappa shape index (κ1) is 22.0. The van der Waals surface area contributed by atoms with Crippen LogP contribution in [-0.2, 0) is 30.7 Å². The van der Waals surface area contributed by atoms with E-state index in [1.165, 1.54) is 16.2 Å². The van der Waals surface area contributed by atoms with Gasteiger partial charge < -0.3 is 18.9 Å². The monoisotopic (exact) mass is 451 g/mol. The number of carbonyl (C=O) groups is 2. The Morgan fingerprint density at radius 3 is 2.70 bits per heavy atom. The van der Waals surface area contributed by atoms with Crippen molar-refractivity contribution in [1.29, 1.82) is 0 Å². The zero-order valence-corrected chi connectivity index (χ0v) is 18.0. The second-order valence-electron chi connectivity index (χ2n) is 6.54. The molecule has 2 aromatic rings. The summed E-state index contributed by atoms with van der Waals surface area (Å²) in [5.74, 6) is 0.165. The van der Waals surface area contributed by atoms with Crippen LogP contribution in [-0.4, -0.2) is 74.6 Å². The fraction of sp³-hybridized carbons (Fsp3) is 0.421. The lowest BCUT2D eigenvalue weighted by atomic mass is 10.3. The lowest BCUT2D eigenvalue weighted by Gasteiger charge is -2.26. The summed E-state index contributed by atoms with van der Waals surface area (Å²) in [5.41, 5.74) is 0.760. The van der Waals surface area contributed by atoms with Gasteiger partial charge in [-0.25, -0.2) is 8.42 Å². The van der Waals surface area contributed by atoms with Crippen molar-refractivity contribution in [3.8, 4) is 18.1 Å². The van der Waals surface area contributed by atoms with Crippen molar-refractivity contribution in [1.82, 2.24) is 9.47 Å². The van der Waals surface area contributed by atoms with Gasteiger partial charge in [0.2, 0.25) is 5.91 Å². The van der Waals surface area contributed by atoms with Crippen LogP contribution in [0.2, 0.25) is 0 Å². The molecule has 0 spiro atoms. The van der Waals surface area contributed by atoms with E-state index in [0.717, 1.165) is 10.2 Å². The fourth-order valence-electron chi connectivity index (χ4n) is 2.98. The Morgan fingerprint density at radius 2 is 2.03 bits per heavy atom. The first-order valence-electron chi connectivity index (χ1n) is 9.07. The molecular weight excluding hydrogens is 430 g/mol. The Kier molecular flexibility index (Phi) is 6.91. The van der Waals surface area contributed by atoms with Gasteiger partial charge in [0.05, 0.1) is 37.1 Å². The topological polar surface area (TPSA) is 107 Å². The molecule has 2 heterocycles. The van der Waals surface area contributed by atoms with Crippen LogP contribution in [0.3, 0.4) is 0 Å². The summed E-state index contributed by atoms with van der Waals surface area (Å²) in [6.07, 6.45) is 5.43. The molecule has 0 bridgehead atoms. The molecule has 1 saturated heterocycles. The van der Waals surface area contributed by atoms with Gasteiger partial charge in [0.25, 0.3) is 5.91 Å². The molecule has 1 aromatic heterocycles. The number of aromatic nitrogens is 1. The molecule has 3 rings (SSSR count). The van der Waals surface area contributed by atoms with Crippen LogP contribution in [0.4, 0.5) is 0 Å². The summed E-state index contributed by atoms with van der Waals surface area (Å²) >= 11 is 1.20. The summed E-state index contributed by atoms with van der Waals surface area (Å²) in [6.45, 7) is 1.58. The Labute approximate surface area is 177 Å². The standard InChI is InChI=1S/C19H21N3O6S2/c1-3-6-22-15-5-4-14(27-2)11-16(15)29-19(22)20-17(23)12-30(25,26)13-18(24)21-7-9-28-10-8-21/h1,4-5,11H,6-10,12-13H2,2H3. The van der Waals surface area contributed by atoms with Crippen LogP contribution in [0, 0.1) is 12.3 Å². The number of ether oxygens (including phenoxy) is 2. The molecule has 0 atom stereocenters. The largest absolute Gasteiger partial charge is 0.497 e. The maximum atomic E-state index is 12.4. The molecule has 1 aliphatic heterocycles. The number of fused-ring (bicyclic) bond motifs is 1. The second kappa shape index (κ2) is 9.42. The van der Waals surface area contributed by atoms with E-state index in [-0.39, 0.29) is 11.3 Å². The van der Waals surface area contributed by atoms with Crippen molar-refractivity contribution in [3.05, 3.63) is 23.0 Å². The number of carbonyl (C=O) groups excluding carboxylic acids is 2. The van der Waals surface area contributed by atoms with Gasteiger partial charge in [-0.2, -0.15) is 4.99 Å². The van der Waals surface area contributed by atoms with Gasteiger partial charge in [-0.15, -0.1) is 6.42 Å². The number of methoxy groups -OCH3 is 1. The Hall–Kier alpha value is -2.68. The van der Waals surface area contributed by atoms with E-state index < -0.39 is 33.2 Å². The molecule has 160 valence electrons. The average Bonchev–Trinajstić information content (AvgIpc) is 3.04. The van der Waals surface area contributed by atoms with Crippen LogP contribution >= 0.6 is 11.3 Å². The Bertz CT molecular complexity index is 1170. The highest BCUT2D eigenvalue weighted by Gasteiger charge is 2.25. The highest BCUT2D eigenvalue weighted by molar-refractivity contribution is 7.92. The fourth-order valence-corrected chi connectivity index (χ4v) is 5.16. The molecule has 1 aliphatic rings. The predicted molar refractivity (Wildman–Crippen MR) is 112 cm³/mol. The first-order valence-corrected chi connectivity index (χ1v) is 11.7. The van der Waals surface area contributed by atoms with Crippen molar-refractivity contribution in [3.63, 3.8) is 0 Å². The number of amides is 2. The van der Waals surface area contributed by atoms with E-state index in [1.54, 1.807) is 29.9 Å². The number of hydrogen-bond donors (Lipinski definition) is 0. The lowest BCUT2D eigenvalue weighted by Crippen LogP contribution is -2.43. The smallest absolute Gasteiger partial charge is 0.263 e. The molecule has 0 saturated carbocycles. The number of nitrogens with zero attached hydrogens (tertiary/aromatic N) is 3. The van der Waals surface area contributed by atoms with Crippen LogP contribution in [0.5, 0.6) is 5.75 Å². The minimum absolute atomic E-state index is 0.167. The van der Waals surface area contributed by atoms with E-state index in [4.69, 9.17) is 15.9 Å². The zero-order valence-electron chi connectivity index (χ0n) is 16.4. The highest BCUT2D eigenvalue weighted by Crippen LogP contribution is 2.23. The number of terminal acetylenes is 1. The van der Waals surface area contributed by atoms with Gasteiger partial charge in [-0.3, -0.25) is 9.59 Å². The Balaban J connectivity index is 1.81. The molecule has 0 radical (unpaired) electrons. The van der Waals surface area contributed by atoms with E-state index in [0.29, 0.717) is 32.1 Å². The number of sulfone groups is 1. The normalized spacial score (nSPS) is 15.2. The summed E-state index contributed by atoms with van der Waals surface area (Å²) in [5, 5.41) is 0. The van der Waals surface area contributed by atoms with Gasteiger partial charge >= 0.3 is 0 Å². The number of thiazole rings is 1. The van der Waals surface area contributed by atoms with E-state index in [9.17, 15) is 18.0 Å². The number of rotatable bonds is 6. The van der Waals surface area contributed by atoms with Gasteiger partial charge in [0, 0.05) is 13.1 Å². The molecule has 0 unspecified atom stereocenters. The minimum Gasteiger partial charge on any atom is -0.497 e. The third-order valence-electron chi connectivity index (χ3n) is 4.41. The van der Waals surface area contributed by atoms with Crippen LogP contribution in [0.25, 0.3) is 10.2 Å². The van der Waals surface area contributed by atoms with E-state index in [1.807, 2.05) is 0 Å². The van der Waals surface area contributed by atoms with Crippen molar-refractivity contribution in [2.24, 2.45) is 4.99 Å². The van der Waals surface area contributed by atoms with Gasteiger partial charge in [-0.1, -0.05) is 17.3 Å². The van der Waals surface area contributed by atoms with Crippen LogP contribution in [0.1, 0.15) is 0 Å². The lowest BCUT2D eigenvalue weighted by molar-refractivity contribution is -0.132. The van der Waals surface area contributed by atoms with Crippen LogP contribution < -0.4 is 9.54 Å². The second-order valence-corrected chi connectivity index (χ2v) is 9.61. The van der Waals surface area contributed by atoms with Gasteiger partial charge in [0.15, 0.2) is 14.6 Å². The minimum atomic E-state index is -3.96. The van der Waals surface area contributed by atoms with Crippen molar-refractivity contribution >= 4 is 43.2 Å².